The van der Waals surface area contributed by atoms with E-state index in [0.29, 0.717) is 27.4 Å². The van der Waals surface area contributed by atoms with E-state index in [2.05, 4.69) is 10.1 Å². The van der Waals surface area contributed by atoms with Crippen LogP contribution in [0.5, 0.6) is 0 Å². The molecule has 1 aliphatic heterocycles. The quantitative estimate of drug-likeness (QED) is 0.451. The molecule has 1 N–H and O–H groups in total. The van der Waals surface area contributed by atoms with Crippen LogP contribution in [0.15, 0.2) is 88.8 Å². The Morgan fingerprint density at radius 2 is 1.64 bits per heavy atom. The smallest absolute Gasteiger partial charge is 0.258 e. The van der Waals surface area contributed by atoms with Crippen LogP contribution in [0.2, 0.25) is 5.02 Å². The second-order valence-corrected chi connectivity index (χ2v) is 10.2. The van der Waals surface area contributed by atoms with Gasteiger partial charge in [-0.25, -0.2) is 8.42 Å². The highest BCUT2D eigenvalue weighted by atomic mass is 35.5. The number of nitrogens with zero attached hydrogens (tertiary/aromatic N) is 2. The Morgan fingerprint density at radius 1 is 0.970 bits per heavy atom. The summed E-state index contributed by atoms with van der Waals surface area (Å²) in [7, 11) is -3.67. The number of nitrogens with one attached hydrogen (secondary N) is 1. The van der Waals surface area contributed by atoms with Crippen LogP contribution in [0.1, 0.15) is 23.6 Å². The average Bonchev–Trinajstić information content (AvgIpc) is 3.25. The molecule has 166 valence electrons. The van der Waals surface area contributed by atoms with Gasteiger partial charge in [-0.05, 0) is 29.3 Å². The Bertz CT molecular complexity index is 1550. The molecule has 1 aliphatic rings. The van der Waals surface area contributed by atoms with Crippen molar-refractivity contribution in [3.8, 4) is 11.1 Å². The molecule has 4 aromatic rings. The van der Waals surface area contributed by atoms with Crippen molar-refractivity contribution in [2.75, 3.05) is 6.26 Å². The van der Waals surface area contributed by atoms with Gasteiger partial charge in [-0.1, -0.05) is 72.3 Å². The monoisotopic (exact) mass is 477 g/mol. The van der Waals surface area contributed by atoms with Crippen molar-refractivity contribution in [3.05, 3.63) is 105 Å². The lowest BCUT2D eigenvalue weighted by molar-refractivity contribution is 0.375. The minimum atomic E-state index is -3.67. The van der Waals surface area contributed by atoms with E-state index in [1.807, 2.05) is 60.7 Å². The fourth-order valence-electron chi connectivity index (χ4n) is 4.31. The second-order valence-electron chi connectivity index (χ2n) is 7.97. The molecule has 5 rings (SSSR count). The SMILES string of the molecule is CS(=O)(=O)N1N=C(c2c(-c3ccccc3)c3cc(Cl)ccc3[nH]c2=O)C[C@@H]1c1ccccc1. The van der Waals surface area contributed by atoms with E-state index in [1.54, 1.807) is 18.2 Å². The van der Waals surface area contributed by atoms with Crippen LogP contribution in [0.25, 0.3) is 22.0 Å². The number of hydrogen-bond acceptors (Lipinski definition) is 4. The number of rotatable bonds is 4. The van der Waals surface area contributed by atoms with Gasteiger partial charge in [0.2, 0.25) is 10.0 Å². The van der Waals surface area contributed by atoms with Gasteiger partial charge >= 0.3 is 0 Å². The van der Waals surface area contributed by atoms with E-state index >= 15 is 0 Å². The van der Waals surface area contributed by atoms with Crippen LogP contribution >= 0.6 is 11.6 Å². The lowest BCUT2D eigenvalue weighted by atomic mass is 9.91. The summed E-state index contributed by atoms with van der Waals surface area (Å²) in [6, 6.07) is 23.6. The van der Waals surface area contributed by atoms with Crippen molar-refractivity contribution < 1.29 is 8.42 Å². The van der Waals surface area contributed by atoms with E-state index in [-0.39, 0.29) is 12.0 Å². The first-order valence-corrected chi connectivity index (χ1v) is 12.6. The zero-order valence-corrected chi connectivity index (χ0v) is 19.3. The van der Waals surface area contributed by atoms with Crippen molar-refractivity contribution in [3.63, 3.8) is 0 Å². The zero-order chi connectivity index (χ0) is 23.2. The van der Waals surface area contributed by atoms with Gasteiger partial charge in [-0.15, -0.1) is 0 Å². The minimum absolute atomic E-state index is 0.270. The molecule has 0 spiro atoms. The number of hydrogen-bond donors (Lipinski definition) is 1. The summed E-state index contributed by atoms with van der Waals surface area (Å²) < 4.78 is 26.3. The number of benzene rings is 3. The van der Waals surface area contributed by atoms with Crippen LogP contribution in [-0.2, 0) is 10.0 Å². The molecule has 0 saturated heterocycles. The fraction of sp³-hybridized carbons (Fsp3) is 0.120. The predicted octanol–water partition coefficient (Wildman–Crippen LogP) is 4.96. The predicted molar refractivity (Wildman–Crippen MR) is 132 cm³/mol. The molecule has 3 aromatic carbocycles. The van der Waals surface area contributed by atoms with E-state index in [4.69, 9.17) is 11.6 Å². The summed E-state index contributed by atoms with van der Waals surface area (Å²) >= 11 is 6.31. The van der Waals surface area contributed by atoms with E-state index < -0.39 is 16.1 Å². The van der Waals surface area contributed by atoms with Crippen molar-refractivity contribution in [2.45, 2.75) is 12.5 Å². The zero-order valence-electron chi connectivity index (χ0n) is 17.7. The number of halogens is 1. The highest BCUT2D eigenvalue weighted by molar-refractivity contribution is 7.88. The molecule has 0 bridgehead atoms. The molecule has 0 amide bonds. The van der Waals surface area contributed by atoms with Crippen molar-refractivity contribution >= 4 is 38.2 Å². The minimum Gasteiger partial charge on any atom is -0.321 e. The van der Waals surface area contributed by atoms with Crippen LogP contribution in [0.3, 0.4) is 0 Å². The summed E-state index contributed by atoms with van der Waals surface area (Å²) in [6.07, 6.45) is 1.39. The maximum Gasteiger partial charge on any atom is 0.258 e. The van der Waals surface area contributed by atoms with E-state index in [1.165, 1.54) is 0 Å². The molecule has 8 heteroatoms. The second kappa shape index (κ2) is 8.17. The fourth-order valence-corrected chi connectivity index (χ4v) is 5.39. The van der Waals surface area contributed by atoms with Gasteiger partial charge in [0, 0.05) is 27.9 Å². The molecule has 1 aromatic heterocycles. The first-order chi connectivity index (χ1) is 15.8. The number of pyridine rings is 1. The Morgan fingerprint density at radius 3 is 2.30 bits per heavy atom. The maximum atomic E-state index is 13.4. The van der Waals surface area contributed by atoms with Crippen LogP contribution in [0.4, 0.5) is 0 Å². The standard InChI is InChI=1S/C25H20ClN3O3S/c1-33(31,32)29-22(16-8-4-2-5-9-16)15-21(28-29)24-23(17-10-6-3-7-11-17)19-14-18(26)12-13-20(19)27-25(24)30/h2-14,22H,15H2,1H3,(H,27,30)/t22-/m1/s1. The topological polar surface area (TPSA) is 82.6 Å². The number of H-pyrrole nitrogens is 1. The molecule has 1 atom stereocenters. The molecule has 2 heterocycles. The first-order valence-electron chi connectivity index (χ1n) is 10.4. The van der Waals surface area contributed by atoms with Gasteiger partial charge in [0.05, 0.1) is 23.6 Å². The number of aromatic nitrogens is 1. The number of aromatic amines is 1. The third-order valence-electron chi connectivity index (χ3n) is 5.72. The lowest BCUT2D eigenvalue weighted by Gasteiger charge is -2.21. The van der Waals surface area contributed by atoms with Gasteiger partial charge < -0.3 is 4.98 Å². The van der Waals surface area contributed by atoms with Crippen molar-refractivity contribution in [1.29, 1.82) is 0 Å². The normalized spacial score (nSPS) is 16.2. The van der Waals surface area contributed by atoms with Crippen LogP contribution in [-0.4, -0.2) is 29.8 Å². The van der Waals surface area contributed by atoms with Crippen molar-refractivity contribution in [1.82, 2.24) is 9.40 Å². The third-order valence-corrected chi connectivity index (χ3v) is 6.97. The highest BCUT2D eigenvalue weighted by Crippen LogP contribution is 2.38. The third kappa shape index (κ3) is 3.94. The van der Waals surface area contributed by atoms with E-state index in [9.17, 15) is 13.2 Å². The summed E-state index contributed by atoms with van der Waals surface area (Å²) in [6.45, 7) is 0. The first kappa shape index (κ1) is 21.4. The molecule has 0 aliphatic carbocycles. The number of sulfonamides is 1. The molecule has 6 nitrogen and oxygen atoms in total. The van der Waals surface area contributed by atoms with Crippen LogP contribution in [0, 0.1) is 0 Å². The van der Waals surface area contributed by atoms with E-state index in [0.717, 1.165) is 27.2 Å². The average molecular weight is 478 g/mol. The number of fused-ring (bicyclic) bond motifs is 1. The van der Waals surface area contributed by atoms with Crippen molar-refractivity contribution in [2.24, 2.45) is 5.10 Å². The highest BCUT2D eigenvalue weighted by Gasteiger charge is 2.36. The van der Waals surface area contributed by atoms with Gasteiger partial charge in [-0.3, -0.25) is 4.79 Å². The Hall–Kier alpha value is -3.42. The van der Waals surface area contributed by atoms with Gasteiger partial charge in [0.15, 0.2) is 0 Å². The molecule has 0 saturated carbocycles. The Balaban J connectivity index is 1.78. The molecule has 0 unspecified atom stereocenters. The molecule has 0 radical (unpaired) electrons. The van der Waals surface area contributed by atoms with Gasteiger partial charge in [0.1, 0.15) is 0 Å². The largest absolute Gasteiger partial charge is 0.321 e. The van der Waals surface area contributed by atoms with Gasteiger partial charge in [0.25, 0.3) is 5.56 Å². The van der Waals surface area contributed by atoms with Crippen LogP contribution < -0.4 is 5.56 Å². The van der Waals surface area contributed by atoms with Gasteiger partial charge in [-0.2, -0.15) is 9.52 Å². The molecular weight excluding hydrogens is 458 g/mol. The molecular formula is C25H20ClN3O3S. The maximum absolute atomic E-state index is 13.4. The Labute approximate surface area is 196 Å². The summed E-state index contributed by atoms with van der Waals surface area (Å²) in [5, 5.41) is 5.77. The number of hydrazone groups is 1. The lowest BCUT2D eigenvalue weighted by Crippen LogP contribution is -2.25. The summed E-state index contributed by atoms with van der Waals surface area (Å²) in [5.74, 6) is 0. The molecule has 33 heavy (non-hydrogen) atoms. The molecule has 0 fully saturated rings. The Kier molecular flexibility index (Phi) is 5.31. The summed E-state index contributed by atoms with van der Waals surface area (Å²) in [5.41, 5.74) is 3.39. The summed E-state index contributed by atoms with van der Waals surface area (Å²) in [4.78, 5) is 16.3.